The van der Waals surface area contributed by atoms with Gasteiger partial charge in [-0.2, -0.15) is 5.10 Å². The highest BCUT2D eigenvalue weighted by Crippen LogP contribution is 2.34. The molecule has 0 fully saturated rings. The van der Waals surface area contributed by atoms with Crippen LogP contribution >= 0.6 is 11.8 Å². The van der Waals surface area contributed by atoms with E-state index in [1.807, 2.05) is 31.2 Å². The molecule has 2 heterocycles. The van der Waals surface area contributed by atoms with Gasteiger partial charge >= 0.3 is 0 Å². The molecule has 24 heavy (non-hydrogen) atoms. The Hall–Kier alpha value is -2.28. The number of rotatable bonds is 5. The number of carbonyl (C=O) groups is 2. The molecule has 126 valence electrons. The Balaban J connectivity index is 1.55. The minimum Gasteiger partial charge on any atom is -0.323 e. The van der Waals surface area contributed by atoms with Gasteiger partial charge in [-0.1, -0.05) is 12.1 Å². The second kappa shape index (κ2) is 7.53. The molecule has 1 N–H and O–H groups in total. The molecule has 2 aromatic rings. The van der Waals surface area contributed by atoms with Gasteiger partial charge in [-0.25, -0.2) is 0 Å². The van der Waals surface area contributed by atoms with Crippen LogP contribution in [0.3, 0.4) is 0 Å². The third-order valence-corrected chi connectivity index (χ3v) is 4.88. The molecule has 0 aliphatic carbocycles. The number of aromatic nitrogens is 2. The predicted octanol–water partition coefficient (Wildman–Crippen LogP) is 2.76. The second-order valence-electron chi connectivity index (χ2n) is 5.49. The topological polar surface area (TPSA) is 67.2 Å². The lowest BCUT2D eigenvalue weighted by molar-refractivity contribution is -0.122. The van der Waals surface area contributed by atoms with Crippen LogP contribution in [0.25, 0.3) is 0 Å². The summed E-state index contributed by atoms with van der Waals surface area (Å²) in [6.07, 6.45) is 3.76. The van der Waals surface area contributed by atoms with Crippen LogP contribution in [0.4, 0.5) is 11.4 Å². The molecule has 1 aliphatic heterocycles. The summed E-state index contributed by atoms with van der Waals surface area (Å²) >= 11 is 1.76. The van der Waals surface area contributed by atoms with Crippen molar-refractivity contribution < 1.29 is 9.59 Å². The molecule has 6 nitrogen and oxygen atoms in total. The number of anilines is 2. The number of carbonyl (C=O) groups excluding carboxylic acids is 2. The quantitative estimate of drug-likeness (QED) is 0.906. The molecule has 3 rings (SSSR count). The van der Waals surface area contributed by atoms with Gasteiger partial charge in [0.05, 0.1) is 17.6 Å². The van der Waals surface area contributed by atoms with Crippen molar-refractivity contribution >= 4 is 35.0 Å². The first-order valence-corrected chi connectivity index (χ1v) is 9.00. The van der Waals surface area contributed by atoms with E-state index < -0.39 is 0 Å². The van der Waals surface area contributed by atoms with Crippen LogP contribution in [0.5, 0.6) is 0 Å². The van der Waals surface area contributed by atoms with Crippen LogP contribution < -0.4 is 10.2 Å². The average molecular weight is 344 g/mol. The summed E-state index contributed by atoms with van der Waals surface area (Å²) < 4.78 is 1.74. The van der Waals surface area contributed by atoms with Crippen LogP contribution in [0.1, 0.15) is 19.8 Å². The second-order valence-corrected chi connectivity index (χ2v) is 6.63. The number of benzene rings is 1. The number of hydrogen-bond acceptors (Lipinski definition) is 4. The first-order valence-electron chi connectivity index (χ1n) is 8.02. The minimum absolute atomic E-state index is 0.0119. The van der Waals surface area contributed by atoms with Gasteiger partial charge in [-0.05, 0) is 19.1 Å². The Kier molecular flexibility index (Phi) is 5.20. The first kappa shape index (κ1) is 16.6. The molecule has 1 aromatic heterocycles. The molecule has 0 spiro atoms. The lowest BCUT2D eigenvalue weighted by atomic mass is 10.2. The van der Waals surface area contributed by atoms with Gasteiger partial charge in [0, 0.05) is 42.8 Å². The zero-order valence-electron chi connectivity index (χ0n) is 13.6. The fourth-order valence-corrected chi connectivity index (χ4v) is 3.60. The summed E-state index contributed by atoms with van der Waals surface area (Å²) in [6, 6.07) is 7.89. The van der Waals surface area contributed by atoms with Crippen molar-refractivity contribution in [2.45, 2.75) is 31.2 Å². The van der Waals surface area contributed by atoms with E-state index in [1.165, 1.54) is 0 Å². The maximum atomic E-state index is 12.5. The Labute approximate surface area is 145 Å². The van der Waals surface area contributed by atoms with E-state index >= 15 is 0 Å². The molecule has 0 saturated heterocycles. The van der Waals surface area contributed by atoms with Crippen LogP contribution in [-0.2, 0) is 16.1 Å². The van der Waals surface area contributed by atoms with E-state index in [4.69, 9.17) is 0 Å². The number of thioether (sulfide) groups is 1. The predicted molar refractivity (Wildman–Crippen MR) is 95.3 cm³/mol. The molecular formula is C17H20N4O2S. The smallest absolute Gasteiger partial charge is 0.227 e. The number of nitrogens with one attached hydrogen (secondary N) is 1. The Morgan fingerprint density at radius 3 is 2.92 bits per heavy atom. The summed E-state index contributed by atoms with van der Waals surface area (Å²) in [5.41, 5.74) is 1.61. The third kappa shape index (κ3) is 3.79. The van der Waals surface area contributed by atoms with E-state index in [9.17, 15) is 9.59 Å². The van der Waals surface area contributed by atoms with Crippen molar-refractivity contribution in [2.24, 2.45) is 0 Å². The van der Waals surface area contributed by atoms with Gasteiger partial charge in [0.1, 0.15) is 0 Å². The molecule has 0 unspecified atom stereocenters. The van der Waals surface area contributed by atoms with E-state index in [0.29, 0.717) is 12.2 Å². The summed E-state index contributed by atoms with van der Waals surface area (Å²) in [6.45, 7) is 3.41. The normalized spacial score (nSPS) is 13.5. The van der Waals surface area contributed by atoms with Crippen LogP contribution in [0.2, 0.25) is 0 Å². The van der Waals surface area contributed by atoms with Crippen molar-refractivity contribution in [3.63, 3.8) is 0 Å². The van der Waals surface area contributed by atoms with Crippen LogP contribution in [0, 0.1) is 0 Å². The van der Waals surface area contributed by atoms with Crippen LogP contribution in [0.15, 0.2) is 41.6 Å². The lowest BCUT2D eigenvalue weighted by Crippen LogP contribution is -2.35. The van der Waals surface area contributed by atoms with E-state index in [2.05, 4.69) is 10.4 Å². The standard InChI is InChI=1S/C17H20N4O2S/c1-2-20-12-13(11-18-20)19-16(22)7-8-17(23)21-9-10-24-15-6-4-3-5-14(15)21/h3-6,11-12H,2,7-10H2,1H3,(H,19,22). The van der Waals surface area contributed by atoms with Gasteiger partial charge < -0.3 is 10.2 Å². The molecule has 2 amide bonds. The average Bonchev–Trinajstić information content (AvgIpc) is 3.06. The summed E-state index contributed by atoms with van der Waals surface area (Å²) in [5.74, 6) is 0.700. The third-order valence-electron chi connectivity index (χ3n) is 3.84. The van der Waals surface area contributed by atoms with E-state index in [-0.39, 0.29) is 24.7 Å². The van der Waals surface area contributed by atoms with Crippen molar-refractivity contribution in [3.8, 4) is 0 Å². The van der Waals surface area contributed by atoms with Gasteiger partial charge in [0.15, 0.2) is 0 Å². The first-order chi connectivity index (χ1) is 11.7. The molecular weight excluding hydrogens is 324 g/mol. The summed E-state index contributed by atoms with van der Waals surface area (Å²) in [5, 5.41) is 6.88. The number of nitrogens with zero attached hydrogens (tertiary/aromatic N) is 3. The molecule has 0 atom stereocenters. The number of amides is 2. The van der Waals surface area contributed by atoms with E-state index in [1.54, 1.807) is 33.7 Å². The fourth-order valence-electron chi connectivity index (χ4n) is 2.61. The fraction of sp³-hybridized carbons (Fsp3) is 0.353. The summed E-state index contributed by atoms with van der Waals surface area (Å²) in [7, 11) is 0. The monoisotopic (exact) mass is 344 g/mol. The number of hydrogen-bond donors (Lipinski definition) is 1. The zero-order chi connectivity index (χ0) is 16.9. The molecule has 7 heteroatoms. The lowest BCUT2D eigenvalue weighted by Gasteiger charge is -2.29. The molecule has 0 bridgehead atoms. The highest BCUT2D eigenvalue weighted by molar-refractivity contribution is 7.99. The van der Waals surface area contributed by atoms with Crippen LogP contribution in [-0.4, -0.2) is 33.9 Å². The SMILES string of the molecule is CCn1cc(NC(=O)CCC(=O)N2CCSc3ccccc32)cn1. The van der Waals surface area contributed by atoms with Crippen molar-refractivity contribution in [1.82, 2.24) is 9.78 Å². The Morgan fingerprint density at radius 1 is 1.29 bits per heavy atom. The molecule has 1 aliphatic rings. The van der Waals surface area contributed by atoms with Gasteiger partial charge in [-0.15, -0.1) is 11.8 Å². The maximum absolute atomic E-state index is 12.5. The Bertz CT molecular complexity index is 744. The minimum atomic E-state index is -0.168. The largest absolute Gasteiger partial charge is 0.323 e. The van der Waals surface area contributed by atoms with Crippen molar-refractivity contribution in [3.05, 3.63) is 36.7 Å². The number of para-hydroxylation sites is 1. The number of aryl methyl sites for hydroxylation is 1. The van der Waals surface area contributed by atoms with Gasteiger partial charge in [0.2, 0.25) is 11.8 Å². The zero-order valence-corrected chi connectivity index (χ0v) is 14.4. The van der Waals surface area contributed by atoms with Gasteiger partial charge in [0.25, 0.3) is 0 Å². The molecule has 0 saturated carbocycles. The summed E-state index contributed by atoms with van der Waals surface area (Å²) in [4.78, 5) is 27.4. The number of fused-ring (bicyclic) bond motifs is 1. The van der Waals surface area contributed by atoms with Crippen molar-refractivity contribution in [2.75, 3.05) is 22.5 Å². The van der Waals surface area contributed by atoms with E-state index in [0.717, 1.165) is 22.9 Å². The Morgan fingerprint density at radius 2 is 2.12 bits per heavy atom. The van der Waals surface area contributed by atoms with Crippen molar-refractivity contribution in [1.29, 1.82) is 0 Å². The maximum Gasteiger partial charge on any atom is 0.227 e. The highest BCUT2D eigenvalue weighted by atomic mass is 32.2. The highest BCUT2D eigenvalue weighted by Gasteiger charge is 2.22. The molecule has 0 radical (unpaired) electrons. The van der Waals surface area contributed by atoms with Gasteiger partial charge in [-0.3, -0.25) is 14.3 Å². The molecule has 1 aromatic carbocycles.